The first-order valence-corrected chi connectivity index (χ1v) is 10.8. The summed E-state index contributed by atoms with van der Waals surface area (Å²) in [7, 11) is 0. The molecule has 0 bridgehead atoms. The Morgan fingerprint density at radius 1 is 1.06 bits per heavy atom. The number of piperazine rings is 1. The number of amides is 1. The molecular formula is C23H26N6O4. The van der Waals surface area contributed by atoms with Crippen LogP contribution in [0.25, 0.3) is 11.4 Å². The van der Waals surface area contributed by atoms with Crippen molar-refractivity contribution in [2.75, 3.05) is 38.0 Å². The molecule has 2 heterocycles. The van der Waals surface area contributed by atoms with Gasteiger partial charge < -0.3 is 9.84 Å². The van der Waals surface area contributed by atoms with Gasteiger partial charge in [-0.2, -0.15) is 4.98 Å². The van der Waals surface area contributed by atoms with Crippen molar-refractivity contribution in [2.45, 2.75) is 20.4 Å². The number of nitro benzene ring substituents is 1. The zero-order valence-corrected chi connectivity index (χ0v) is 18.7. The summed E-state index contributed by atoms with van der Waals surface area (Å²) >= 11 is 0. The lowest BCUT2D eigenvalue weighted by Crippen LogP contribution is -2.48. The molecule has 0 saturated carbocycles. The number of nitro groups is 1. The summed E-state index contributed by atoms with van der Waals surface area (Å²) in [6.07, 6.45) is 0. The van der Waals surface area contributed by atoms with Gasteiger partial charge in [-0.3, -0.25) is 24.7 Å². The van der Waals surface area contributed by atoms with Crippen LogP contribution in [0.5, 0.6) is 0 Å². The average molecular weight is 450 g/mol. The minimum Gasteiger partial charge on any atom is -0.338 e. The zero-order chi connectivity index (χ0) is 23.4. The average Bonchev–Trinajstić information content (AvgIpc) is 3.26. The Balaban J connectivity index is 1.26. The summed E-state index contributed by atoms with van der Waals surface area (Å²) in [5.41, 5.74) is 3.68. The summed E-state index contributed by atoms with van der Waals surface area (Å²) in [5.74, 6) is 0.886. The van der Waals surface area contributed by atoms with Gasteiger partial charge in [-0.25, -0.2) is 0 Å². The van der Waals surface area contributed by atoms with Crippen LogP contribution in [0.3, 0.4) is 0 Å². The lowest BCUT2D eigenvalue weighted by molar-refractivity contribution is -0.384. The molecule has 1 saturated heterocycles. The lowest BCUT2D eigenvalue weighted by atomic mass is 10.1. The smallest absolute Gasteiger partial charge is 0.269 e. The Labute approximate surface area is 191 Å². The number of rotatable bonds is 7. The quantitative estimate of drug-likeness (QED) is 0.431. The summed E-state index contributed by atoms with van der Waals surface area (Å²) in [6, 6.07) is 12.0. The van der Waals surface area contributed by atoms with Crippen LogP contribution in [-0.4, -0.2) is 63.5 Å². The summed E-state index contributed by atoms with van der Waals surface area (Å²) in [6.45, 7) is 7.96. The van der Waals surface area contributed by atoms with Gasteiger partial charge >= 0.3 is 0 Å². The number of para-hydroxylation sites is 1. The number of anilines is 1. The van der Waals surface area contributed by atoms with Crippen molar-refractivity contribution in [3.8, 4) is 11.4 Å². The van der Waals surface area contributed by atoms with Crippen molar-refractivity contribution in [1.29, 1.82) is 0 Å². The molecule has 1 aliphatic rings. The van der Waals surface area contributed by atoms with Gasteiger partial charge in [0.2, 0.25) is 17.6 Å². The molecule has 1 aliphatic heterocycles. The first-order chi connectivity index (χ1) is 15.9. The Kier molecular flexibility index (Phi) is 6.76. The fourth-order valence-electron chi connectivity index (χ4n) is 3.86. The molecule has 0 atom stereocenters. The van der Waals surface area contributed by atoms with E-state index in [0.29, 0.717) is 30.4 Å². The molecule has 0 radical (unpaired) electrons. The number of nitrogens with one attached hydrogen (secondary N) is 1. The van der Waals surface area contributed by atoms with Crippen LogP contribution in [0.4, 0.5) is 11.4 Å². The number of aryl methyl sites for hydroxylation is 2. The highest BCUT2D eigenvalue weighted by molar-refractivity contribution is 5.93. The van der Waals surface area contributed by atoms with Gasteiger partial charge in [0.05, 0.1) is 18.0 Å². The highest BCUT2D eigenvalue weighted by atomic mass is 16.6. The number of hydrogen-bond donors (Lipinski definition) is 1. The number of hydrogen-bond acceptors (Lipinski definition) is 8. The van der Waals surface area contributed by atoms with Crippen LogP contribution < -0.4 is 5.32 Å². The molecule has 10 heteroatoms. The third kappa shape index (κ3) is 5.60. The molecule has 172 valence electrons. The maximum Gasteiger partial charge on any atom is 0.269 e. The van der Waals surface area contributed by atoms with Crippen molar-refractivity contribution in [2.24, 2.45) is 0 Å². The molecule has 1 aromatic heterocycles. The molecule has 0 spiro atoms. The maximum absolute atomic E-state index is 12.5. The van der Waals surface area contributed by atoms with Crippen molar-refractivity contribution in [1.82, 2.24) is 19.9 Å². The fraction of sp³-hybridized carbons (Fsp3) is 0.348. The largest absolute Gasteiger partial charge is 0.338 e. The van der Waals surface area contributed by atoms with Crippen molar-refractivity contribution in [3.05, 3.63) is 69.6 Å². The molecule has 4 rings (SSSR count). The van der Waals surface area contributed by atoms with Crippen molar-refractivity contribution < 1.29 is 14.2 Å². The molecule has 3 aromatic rings. The SMILES string of the molecule is Cc1cccc(C)c1NC(=O)CN1CCN(Cc2nc(-c3ccc([N+](=O)[O-])cc3)no2)CC1. The standard InChI is InChI=1S/C23H26N6O4/c1-16-4-3-5-17(2)22(16)24-20(30)14-27-10-12-28(13-11-27)15-21-25-23(26-33-21)18-6-8-19(9-7-18)29(31)32/h3-9H,10-15H2,1-2H3,(H,24,30). The van der Waals surface area contributed by atoms with Gasteiger partial charge in [-0.05, 0) is 37.1 Å². The van der Waals surface area contributed by atoms with E-state index >= 15 is 0 Å². The van der Waals surface area contributed by atoms with Crippen LogP contribution in [0.15, 0.2) is 47.0 Å². The normalized spacial score (nSPS) is 14.8. The van der Waals surface area contributed by atoms with Gasteiger partial charge in [-0.15, -0.1) is 0 Å². The topological polar surface area (TPSA) is 118 Å². The van der Waals surface area contributed by atoms with E-state index in [1.165, 1.54) is 12.1 Å². The molecule has 0 unspecified atom stereocenters. The van der Waals surface area contributed by atoms with Crippen LogP contribution in [0.2, 0.25) is 0 Å². The first-order valence-electron chi connectivity index (χ1n) is 10.8. The summed E-state index contributed by atoms with van der Waals surface area (Å²) < 4.78 is 5.37. The molecular weight excluding hydrogens is 424 g/mol. The predicted molar refractivity (Wildman–Crippen MR) is 123 cm³/mol. The molecule has 1 amide bonds. The first kappa shape index (κ1) is 22.6. The van der Waals surface area contributed by atoms with E-state index in [1.54, 1.807) is 12.1 Å². The molecule has 1 fully saturated rings. The highest BCUT2D eigenvalue weighted by Crippen LogP contribution is 2.21. The Morgan fingerprint density at radius 2 is 1.70 bits per heavy atom. The van der Waals surface area contributed by atoms with Crippen LogP contribution in [0.1, 0.15) is 17.0 Å². The van der Waals surface area contributed by atoms with E-state index in [4.69, 9.17) is 4.52 Å². The highest BCUT2D eigenvalue weighted by Gasteiger charge is 2.21. The Hall–Kier alpha value is -3.63. The van der Waals surface area contributed by atoms with E-state index in [9.17, 15) is 14.9 Å². The summed E-state index contributed by atoms with van der Waals surface area (Å²) in [4.78, 5) is 31.6. The number of benzene rings is 2. The molecule has 33 heavy (non-hydrogen) atoms. The van der Waals surface area contributed by atoms with E-state index in [-0.39, 0.29) is 11.6 Å². The van der Waals surface area contributed by atoms with Gasteiger partial charge in [0.15, 0.2) is 0 Å². The number of aromatic nitrogens is 2. The van der Waals surface area contributed by atoms with Gasteiger partial charge in [0.1, 0.15) is 0 Å². The Morgan fingerprint density at radius 3 is 2.33 bits per heavy atom. The maximum atomic E-state index is 12.5. The van der Waals surface area contributed by atoms with E-state index < -0.39 is 4.92 Å². The predicted octanol–water partition coefficient (Wildman–Crippen LogP) is 3.02. The zero-order valence-electron chi connectivity index (χ0n) is 18.7. The number of non-ortho nitro benzene ring substituents is 1. The number of nitrogens with zero attached hydrogens (tertiary/aromatic N) is 5. The third-order valence-corrected chi connectivity index (χ3v) is 5.74. The van der Waals surface area contributed by atoms with Gasteiger partial charge in [0, 0.05) is 49.6 Å². The van der Waals surface area contributed by atoms with Crippen LogP contribution in [-0.2, 0) is 11.3 Å². The van der Waals surface area contributed by atoms with Gasteiger partial charge in [0.25, 0.3) is 5.69 Å². The number of carbonyl (C=O) groups excluding carboxylic acids is 1. The van der Waals surface area contributed by atoms with Gasteiger partial charge in [-0.1, -0.05) is 23.4 Å². The minimum atomic E-state index is -0.446. The van der Waals surface area contributed by atoms with E-state index in [1.807, 2.05) is 32.0 Å². The minimum absolute atomic E-state index is 0.00880. The summed E-state index contributed by atoms with van der Waals surface area (Å²) in [5, 5.41) is 17.8. The van der Waals surface area contributed by atoms with Crippen molar-refractivity contribution >= 4 is 17.3 Å². The van der Waals surface area contributed by atoms with Crippen LogP contribution >= 0.6 is 0 Å². The molecule has 1 N–H and O–H groups in total. The Bertz CT molecular complexity index is 1120. The van der Waals surface area contributed by atoms with Crippen LogP contribution in [0, 0.1) is 24.0 Å². The molecule has 0 aliphatic carbocycles. The monoisotopic (exact) mass is 450 g/mol. The number of carbonyl (C=O) groups is 1. The van der Waals surface area contributed by atoms with E-state index in [0.717, 1.165) is 43.0 Å². The molecule has 2 aromatic carbocycles. The second kappa shape index (κ2) is 9.88. The molecule has 10 nitrogen and oxygen atoms in total. The van der Waals surface area contributed by atoms with E-state index in [2.05, 4.69) is 25.3 Å². The van der Waals surface area contributed by atoms with Crippen molar-refractivity contribution in [3.63, 3.8) is 0 Å². The lowest BCUT2D eigenvalue weighted by Gasteiger charge is -2.33. The second-order valence-corrected chi connectivity index (χ2v) is 8.18. The third-order valence-electron chi connectivity index (χ3n) is 5.74. The second-order valence-electron chi connectivity index (χ2n) is 8.18. The fourth-order valence-corrected chi connectivity index (χ4v) is 3.86.